The van der Waals surface area contributed by atoms with Gasteiger partial charge in [0.1, 0.15) is 0 Å². The third-order valence-corrected chi connectivity index (χ3v) is 4.33. The summed E-state index contributed by atoms with van der Waals surface area (Å²) < 4.78 is 0.768. The zero-order valence-corrected chi connectivity index (χ0v) is 13.9. The fourth-order valence-electron chi connectivity index (χ4n) is 2.27. The van der Waals surface area contributed by atoms with Crippen LogP contribution in [0.25, 0.3) is 0 Å². The molecule has 2 rings (SSSR count). The van der Waals surface area contributed by atoms with Gasteiger partial charge >= 0.3 is 0 Å². The van der Waals surface area contributed by atoms with Gasteiger partial charge in [0.05, 0.1) is 0 Å². The molecule has 0 N–H and O–H groups in total. The van der Waals surface area contributed by atoms with E-state index < -0.39 is 0 Å². The van der Waals surface area contributed by atoms with Crippen LogP contribution in [0.2, 0.25) is 5.02 Å². The number of hydrogen-bond acceptors (Lipinski definition) is 1. The second-order valence-electron chi connectivity index (χ2n) is 4.64. The van der Waals surface area contributed by atoms with Crippen molar-refractivity contribution in [2.24, 2.45) is 0 Å². The van der Waals surface area contributed by atoms with Crippen LogP contribution in [0.15, 0.2) is 40.9 Å². The molecule has 1 nitrogen and oxygen atoms in total. The highest BCUT2D eigenvalue weighted by Crippen LogP contribution is 2.25. The van der Waals surface area contributed by atoms with Crippen LogP contribution in [0.3, 0.4) is 0 Å². The topological polar surface area (TPSA) is 17.1 Å². The lowest BCUT2D eigenvalue weighted by molar-refractivity contribution is 0.103. The molecule has 2 aromatic carbocycles. The molecular formula is C17H16BrClO. The zero-order chi connectivity index (χ0) is 14.7. The third kappa shape index (κ3) is 3.13. The predicted molar refractivity (Wildman–Crippen MR) is 87.8 cm³/mol. The largest absolute Gasteiger partial charge is 0.289 e. The Morgan fingerprint density at radius 1 is 1.05 bits per heavy atom. The minimum absolute atomic E-state index is 0.00303. The molecule has 0 spiro atoms. The van der Waals surface area contributed by atoms with E-state index in [9.17, 15) is 4.79 Å². The lowest BCUT2D eigenvalue weighted by atomic mass is 9.96. The molecular weight excluding hydrogens is 336 g/mol. The third-order valence-electron chi connectivity index (χ3n) is 3.40. The number of carbonyl (C=O) groups is 1. The smallest absolute Gasteiger partial charge is 0.194 e. The molecule has 0 heterocycles. The van der Waals surface area contributed by atoms with Crippen molar-refractivity contribution in [1.29, 1.82) is 0 Å². The Balaban J connectivity index is 2.45. The average Bonchev–Trinajstić information content (AvgIpc) is 2.48. The maximum absolute atomic E-state index is 12.6. The Hall–Kier alpha value is -1.12. The van der Waals surface area contributed by atoms with Crippen LogP contribution in [-0.2, 0) is 12.8 Å². The minimum Gasteiger partial charge on any atom is -0.289 e. The van der Waals surface area contributed by atoms with Gasteiger partial charge in [-0.1, -0.05) is 53.5 Å². The molecule has 0 aliphatic rings. The van der Waals surface area contributed by atoms with Gasteiger partial charge in [-0.25, -0.2) is 0 Å². The first-order valence-electron chi connectivity index (χ1n) is 6.68. The van der Waals surface area contributed by atoms with Gasteiger partial charge in [0.25, 0.3) is 0 Å². The van der Waals surface area contributed by atoms with Crippen molar-refractivity contribution in [3.8, 4) is 0 Å². The SMILES string of the molecule is CCc1ccc(C(=O)c2cc(Cl)ccc2Br)cc1CC. The molecule has 0 aliphatic heterocycles. The summed E-state index contributed by atoms with van der Waals surface area (Å²) in [4.78, 5) is 12.6. The maximum Gasteiger partial charge on any atom is 0.194 e. The lowest BCUT2D eigenvalue weighted by Gasteiger charge is -2.09. The van der Waals surface area contributed by atoms with Gasteiger partial charge in [0.15, 0.2) is 5.78 Å². The zero-order valence-electron chi connectivity index (χ0n) is 11.5. The number of ketones is 1. The van der Waals surface area contributed by atoms with Gasteiger partial charge in [-0.15, -0.1) is 0 Å². The molecule has 0 saturated carbocycles. The quantitative estimate of drug-likeness (QED) is 0.669. The Morgan fingerprint density at radius 3 is 2.40 bits per heavy atom. The summed E-state index contributed by atoms with van der Waals surface area (Å²) >= 11 is 9.39. The standard InChI is InChI=1S/C17H16BrClO/c1-3-11-5-6-13(9-12(11)4-2)17(20)15-10-14(19)7-8-16(15)18/h5-10H,3-4H2,1-2H3. The van der Waals surface area contributed by atoms with Crippen molar-refractivity contribution in [2.75, 3.05) is 0 Å². The molecule has 20 heavy (non-hydrogen) atoms. The second kappa shape index (κ2) is 6.55. The molecule has 2 aromatic rings. The second-order valence-corrected chi connectivity index (χ2v) is 5.93. The summed E-state index contributed by atoms with van der Waals surface area (Å²) in [6.45, 7) is 4.24. The highest BCUT2D eigenvalue weighted by atomic mass is 79.9. The summed E-state index contributed by atoms with van der Waals surface area (Å²) in [6, 6.07) is 11.2. The number of aryl methyl sites for hydroxylation is 2. The van der Waals surface area contributed by atoms with E-state index in [2.05, 4.69) is 29.8 Å². The highest BCUT2D eigenvalue weighted by Gasteiger charge is 2.14. The van der Waals surface area contributed by atoms with E-state index >= 15 is 0 Å². The van der Waals surface area contributed by atoms with Crippen molar-refractivity contribution in [3.63, 3.8) is 0 Å². The minimum atomic E-state index is -0.00303. The fourth-order valence-corrected chi connectivity index (χ4v) is 2.87. The summed E-state index contributed by atoms with van der Waals surface area (Å²) in [5.41, 5.74) is 3.84. The fraction of sp³-hybridized carbons (Fsp3) is 0.235. The van der Waals surface area contributed by atoms with E-state index in [0.717, 1.165) is 17.3 Å². The Kier molecular flexibility index (Phi) is 5.00. The van der Waals surface area contributed by atoms with Gasteiger partial charge in [0.2, 0.25) is 0 Å². The number of benzene rings is 2. The van der Waals surface area contributed by atoms with Crippen LogP contribution in [0.1, 0.15) is 40.9 Å². The average molecular weight is 352 g/mol. The predicted octanol–water partition coefficient (Wildman–Crippen LogP) is 5.46. The Morgan fingerprint density at radius 2 is 1.75 bits per heavy atom. The molecule has 0 atom stereocenters. The number of hydrogen-bond donors (Lipinski definition) is 0. The molecule has 0 aliphatic carbocycles. The lowest BCUT2D eigenvalue weighted by Crippen LogP contribution is -2.04. The summed E-state index contributed by atoms with van der Waals surface area (Å²) in [5, 5.41) is 0.567. The molecule has 104 valence electrons. The van der Waals surface area contributed by atoms with Crippen molar-refractivity contribution in [1.82, 2.24) is 0 Å². The molecule has 0 fully saturated rings. The molecule has 0 saturated heterocycles. The van der Waals surface area contributed by atoms with Crippen LogP contribution in [0, 0.1) is 0 Å². The van der Waals surface area contributed by atoms with Gasteiger partial charge in [-0.05, 0) is 48.2 Å². The first kappa shape index (κ1) is 15.3. The summed E-state index contributed by atoms with van der Waals surface area (Å²) in [7, 11) is 0. The van der Waals surface area contributed by atoms with Gasteiger partial charge in [-0.2, -0.15) is 0 Å². The van der Waals surface area contributed by atoms with Crippen LogP contribution in [-0.4, -0.2) is 5.78 Å². The van der Waals surface area contributed by atoms with E-state index in [-0.39, 0.29) is 5.78 Å². The van der Waals surface area contributed by atoms with Crippen molar-refractivity contribution < 1.29 is 4.79 Å². The molecule has 0 radical (unpaired) electrons. The molecule has 0 aromatic heterocycles. The first-order chi connectivity index (χ1) is 9.56. The number of halogens is 2. The normalized spacial score (nSPS) is 10.6. The van der Waals surface area contributed by atoms with Crippen molar-refractivity contribution >= 4 is 33.3 Å². The Bertz CT molecular complexity index is 649. The van der Waals surface area contributed by atoms with Gasteiger partial charge < -0.3 is 0 Å². The first-order valence-corrected chi connectivity index (χ1v) is 7.85. The maximum atomic E-state index is 12.6. The van der Waals surface area contributed by atoms with E-state index in [1.807, 2.05) is 18.2 Å². The monoisotopic (exact) mass is 350 g/mol. The summed E-state index contributed by atoms with van der Waals surface area (Å²) in [5.74, 6) is -0.00303. The molecule has 0 bridgehead atoms. The van der Waals surface area contributed by atoms with Crippen LogP contribution < -0.4 is 0 Å². The van der Waals surface area contributed by atoms with E-state index in [1.165, 1.54) is 11.1 Å². The highest BCUT2D eigenvalue weighted by molar-refractivity contribution is 9.10. The number of carbonyl (C=O) groups excluding carboxylic acids is 1. The van der Waals surface area contributed by atoms with Crippen LogP contribution in [0.4, 0.5) is 0 Å². The van der Waals surface area contributed by atoms with Gasteiger partial charge in [0, 0.05) is 20.6 Å². The van der Waals surface area contributed by atoms with Crippen molar-refractivity contribution in [3.05, 3.63) is 68.1 Å². The van der Waals surface area contributed by atoms with Crippen molar-refractivity contribution in [2.45, 2.75) is 26.7 Å². The molecule has 0 amide bonds. The van der Waals surface area contributed by atoms with E-state index in [0.29, 0.717) is 16.1 Å². The molecule has 0 unspecified atom stereocenters. The summed E-state index contributed by atoms with van der Waals surface area (Å²) in [6.07, 6.45) is 1.92. The van der Waals surface area contributed by atoms with E-state index in [1.54, 1.807) is 18.2 Å². The van der Waals surface area contributed by atoms with Crippen LogP contribution in [0.5, 0.6) is 0 Å². The number of rotatable bonds is 4. The van der Waals surface area contributed by atoms with E-state index in [4.69, 9.17) is 11.6 Å². The van der Waals surface area contributed by atoms with Crippen LogP contribution >= 0.6 is 27.5 Å². The molecule has 3 heteroatoms. The van der Waals surface area contributed by atoms with Gasteiger partial charge in [-0.3, -0.25) is 4.79 Å². The Labute approximate surface area is 133 Å².